The summed E-state index contributed by atoms with van der Waals surface area (Å²) < 4.78 is 26.4. The summed E-state index contributed by atoms with van der Waals surface area (Å²) in [5.41, 5.74) is 0.784. The van der Waals surface area contributed by atoms with Crippen LogP contribution >= 0.6 is 0 Å². The molecule has 0 spiro atoms. The fourth-order valence-corrected chi connectivity index (χ4v) is 2.48. The Labute approximate surface area is 109 Å². The maximum Gasteiger partial charge on any atom is 0.126 e. The molecule has 0 saturated heterocycles. The van der Waals surface area contributed by atoms with E-state index in [1.165, 1.54) is 12.1 Å². The highest BCUT2D eigenvalue weighted by atomic mass is 19.1. The van der Waals surface area contributed by atoms with E-state index in [9.17, 15) is 8.78 Å². The first kappa shape index (κ1) is 15.1. The highest BCUT2D eigenvalue weighted by Crippen LogP contribution is 2.28. The quantitative estimate of drug-likeness (QED) is 0.778. The molecule has 0 aromatic heterocycles. The molecule has 0 saturated carbocycles. The molecule has 3 heteroatoms. The maximum atomic E-state index is 13.2. The Kier molecular flexibility index (Phi) is 5.73. The van der Waals surface area contributed by atoms with Crippen molar-refractivity contribution in [3.05, 3.63) is 35.4 Å². The Morgan fingerprint density at radius 1 is 1.11 bits per heavy atom. The molecule has 1 aromatic carbocycles. The van der Waals surface area contributed by atoms with Gasteiger partial charge in [-0.05, 0) is 42.5 Å². The Balaban J connectivity index is 2.81. The molecule has 0 aliphatic carbocycles. The number of hydrogen-bond donors (Lipinski definition) is 1. The van der Waals surface area contributed by atoms with Crippen molar-refractivity contribution in [3.63, 3.8) is 0 Å². The predicted molar refractivity (Wildman–Crippen MR) is 71.6 cm³/mol. The van der Waals surface area contributed by atoms with E-state index in [-0.39, 0.29) is 5.41 Å². The monoisotopic (exact) mass is 255 g/mol. The van der Waals surface area contributed by atoms with Crippen LogP contribution < -0.4 is 5.32 Å². The molecule has 0 heterocycles. The van der Waals surface area contributed by atoms with Crippen LogP contribution in [0.2, 0.25) is 0 Å². The number of benzene rings is 1. The van der Waals surface area contributed by atoms with E-state index < -0.39 is 11.6 Å². The van der Waals surface area contributed by atoms with Crippen molar-refractivity contribution >= 4 is 0 Å². The van der Waals surface area contributed by atoms with Crippen LogP contribution in [0.3, 0.4) is 0 Å². The number of hydrogen-bond acceptors (Lipinski definition) is 1. The minimum absolute atomic E-state index is 0.0466. The highest BCUT2D eigenvalue weighted by molar-refractivity contribution is 5.19. The van der Waals surface area contributed by atoms with Gasteiger partial charge in [0, 0.05) is 12.6 Å². The third-order valence-corrected chi connectivity index (χ3v) is 3.21. The van der Waals surface area contributed by atoms with Crippen LogP contribution in [0.4, 0.5) is 8.78 Å². The molecule has 0 aliphatic rings. The van der Waals surface area contributed by atoms with Gasteiger partial charge in [-0.2, -0.15) is 0 Å². The molecular weight excluding hydrogens is 232 g/mol. The lowest BCUT2D eigenvalue weighted by molar-refractivity contribution is 0.277. The zero-order chi connectivity index (χ0) is 13.6. The van der Waals surface area contributed by atoms with Crippen molar-refractivity contribution in [3.8, 4) is 0 Å². The van der Waals surface area contributed by atoms with Gasteiger partial charge in [0.2, 0.25) is 0 Å². The molecule has 1 atom stereocenters. The average Bonchev–Trinajstić information content (AvgIpc) is 2.25. The molecule has 0 radical (unpaired) electrons. The summed E-state index contributed by atoms with van der Waals surface area (Å²) >= 11 is 0. The van der Waals surface area contributed by atoms with E-state index in [0.717, 1.165) is 37.6 Å². The smallest absolute Gasteiger partial charge is 0.126 e. The number of halogens is 2. The van der Waals surface area contributed by atoms with E-state index in [2.05, 4.69) is 26.1 Å². The van der Waals surface area contributed by atoms with E-state index in [0.29, 0.717) is 6.42 Å². The zero-order valence-corrected chi connectivity index (χ0v) is 11.5. The van der Waals surface area contributed by atoms with Gasteiger partial charge in [-0.15, -0.1) is 0 Å². The lowest BCUT2D eigenvalue weighted by Crippen LogP contribution is -2.33. The maximum absolute atomic E-state index is 13.2. The molecule has 1 N–H and O–H groups in total. The first-order valence-corrected chi connectivity index (χ1v) is 6.65. The first-order chi connectivity index (χ1) is 8.49. The summed E-state index contributed by atoms with van der Waals surface area (Å²) in [5.74, 6) is -0.986. The van der Waals surface area contributed by atoms with E-state index in [1.54, 1.807) is 0 Å². The van der Waals surface area contributed by atoms with Crippen LogP contribution in [0.25, 0.3) is 0 Å². The van der Waals surface area contributed by atoms with Crippen LogP contribution in [-0.4, -0.2) is 13.1 Å². The van der Waals surface area contributed by atoms with Gasteiger partial charge in [0.05, 0.1) is 0 Å². The van der Waals surface area contributed by atoms with Crippen molar-refractivity contribution < 1.29 is 8.78 Å². The van der Waals surface area contributed by atoms with E-state index in [1.807, 2.05) is 0 Å². The van der Waals surface area contributed by atoms with Gasteiger partial charge >= 0.3 is 0 Å². The summed E-state index contributed by atoms with van der Waals surface area (Å²) in [6.07, 6.45) is 2.81. The lowest BCUT2D eigenvalue weighted by atomic mass is 9.79. The summed E-state index contributed by atoms with van der Waals surface area (Å²) in [5, 5.41) is 3.34. The van der Waals surface area contributed by atoms with Gasteiger partial charge in [-0.3, -0.25) is 0 Å². The summed E-state index contributed by atoms with van der Waals surface area (Å²) in [4.78, 5) is 0. The molecule has 0 aliphatic heterocycles. The molecule has 0 amide bonds. The topological polar surface area (TPSA) is 12.0 Å². The average molecular weight is 255 g/mol. The second-order valence-corrected chi connectivity index (χ2v) is 5.30. The van der Waals surface area contributed by atoms with Gasteiger partial charge in [0.25, 0.3) is 0 Å². The third kappa shape index (κ3) is 4.73. The molecule has 1 rings (SSSR count). The minimum atomic E-state index is -0.493. The van der Waals surface area contributed by atoms with Crippen LogP contribution in [0.5, 0.6) is 0 Å². The van der Waals surface area contributed by atoms with E-state index in [4.69, 9.17) is 0 Å². The molecule has 0 bridgehead atoms. The van der Waals surface area contributed by atoms with Crippen molar-refractivity contribution in [1.29, 1.82) is 0 Å². The molecule has 1 aromatic rings. The highest BCUT2D eigenvalue weighted by Gasteiger charge is 2.23. The van der Waals surface area contributed by atoms with Crippen LogP contribution in [-0.2, 0) is 6.42 Å². The standard InChI is InChI=1S/C15H23F2N/c1-4-6-15(3,11-18-5-2)10-12-7-13(16)9-14(17)8-12/h7-9,18H,4-6,10-11H2,1-3H3. The summed E-state index contributed by atoms with van der Waals surface area (Å²) in [7, 11) is 0. The summed E-state index contributed by atoms with van der Waals surface area (Å²) in [6, 6.07) is 3.79. The molecular formula is C15H23F2N. The Hall–Kier alpha value is -0.960. The molecule has 1 unspecified atom stereocenters. The van der Waals surface area contributed by atoms with Crippen molar-refractivity contribution in [1.82, 2.24) is 5.32 Å². The third-order valence-electron chi connectivity index (χ3n) is 3.21. The number of nitrogens with one attached hydrogen (secondary N) is 1. The van der Waals surface area contributed by atoms with Crippen molar-refractivity contribution in [2.45, 2.75) is 40.0 Å². The molecule has 0 fully saturated rings. The second kappa shape index (κ2) is 6.83. The largest absolute Gasteiger partial charge is 0.316 e. The minimum Gasteiger partial charge on any atom is -0.316 e. The molecule has 18 heavy (non-hydrogen) atoms. The fraction of sp³-hybridized carbons (Fsp3) is 0.600. The first-order valence-electron chi connectivity index (χ1n) is 6.65. The Morgan fingerprint density at radius 2 is 1.72 bits per heavy atom. The lowest BCUT2D eigenvalue weighted by Gasteiger charge is -2.30. The summed E-state index contributed by atoms with van der Waals surface area (Å²) in [6.45, 7) is 8.15. The molecule has 1 nitrogen and oxygen atoms in total. The van der Waals surface area contributed by atoms with Gasteiger partial charge in [-0.25, -0.2) is 8.78 Å². The fourth-order valence-electron chi connectivity index (χ4n) is 2.48. The second-order valence-electron chi connectivity index (χ2n) is 5.30. The van der Waals surface area contributed by atoms with Crippen LogP contribution in [0.1, 0.15) is 39.2 Å². The van der Waals surface area contributed by atoms with Gasteiger partial charge in [0.1, 0.15) is 11.6 Å². The Morgan fingerprint density at radius 3 is 2.22 bits per heavy atom. The number of rotatable bonds is 7. The predicted octanol–water partition coefficient (Wildman–Crippen LogP) is 3.92. The van der Waals surface area contributed by atoms with Crippen LogP contribution in [0, 0.1) is 17.0 Å². The normalized spacial score (nSPS) is 14.5. The van der Waals surface area contributed by atoms with Gasteiger partial charge < -0.3 is 5.32 Å². The Bertz CT molecular complexity index is 359. The SMILES string of the molecule is CCCC(C)(CNCC)Cc1cc(F)cc(F)c1. The zero-order valence-electron chi connectivity index (χ0n) is 11.5. The van der Waals surface area contributed by atoms with E-state index >= 15 is 0 Å². The van der Waals surface area contributed by atoms with Crippen LogP contribution in [0.15, 0.2) is 18.2 Å². The van der Waals surface area contributed by atoms with Gasteiger partial charge in [0.15, 0.2) is 0 Å². The van der Waals surface area contributed by atoms with Crippen molar-refractivity contribution in [2.24, 2.45) is 5.41 Å². The van der Waals surface area contributed by atoms with Crippen molar-refractivity contribution in [2.75, 3.05) is 13.1 Å². The van der Waals surface area contributed by atoms with Gasteiger partial charge in [-0.1, -0.05) is 27.2 Å². The molecule has 102 valence electrons.